The summed E-state index contributed by atoms with van der Waals surface area (Å²) in [6.07, 6.45) is 5.69. The number of hydrogen-bond donors (Lipinski definition) is 1. The molecule has 2 saturated heterocycles. The Morgan fingerprint density at radius 2 is 2.09 bits per heavy atom. The first-order valence-electron chi connectivity index (χ1n) is 8.91. The summed E-state index contributed by atoms with van der Waals surface area (Å²) < 4.78 is 10.8. The fraction of sp³-hybridized carbons (Fsp3) is 0.684. The minimum atomic E-state index is -0.453. The van der Waals surface area contributed by atoms with Gasteiger partial charge in [0, 0.05) is 25.8 Å². The molecule has 23 heavy (non-hydrogen) atoms. The number of likely N-dealkylation sites (tertiary alicyclic amines) is 1. The Labute approximate surface area is 139 Å². The van der Waals surface area contributed by atoms with Crippen molar-refractivity contribution in [3.8, 4) is 5.75 Å². The van der Waals surface area contributed by atoms with E-state index in [1.165, 1.54) is 19.3 Å². The predicted octanol–water partition coefficient (Wildman–Crippen LogP) is 3.01. The SMILES string of the molecule is COc1cccc(C(O)CN2CCCCC2C2CCOCC2)c1. The second-order valence-electron chi connectivity index (χ2n) is 6.80. The Morgan fingerprint density at radius 1 is 1.26 bits per heavy atom. The van der Waals surface area contributed by atoms with E-state index >= 15 is 0 Å². The topological polar surface area (TPSA) is 41.9 Å². The third-order valence-corrected chi connectivity index (χ3v) is 5.36. The molecule has 1 aromatic carbocycles. The van der Waals surface area contributed by atoms with Crippen LogP contribution in [0.25, 0.3) is 0 Å². The first-order valence-corrected chi connectivity index (χ1v) is 8.91. The van der Waals surface area contributed by atoms with E-state index in [0.29, 0.717) is 6.04 Å². The molecule has 0 amide bonds. The van der Waals surface area contributed by atoms with Gasteiger partial charge in [-0.25, -0.2) is 0 Å². The number of aliphatic hydroxyl groups excluding tert-OH is 1. The van der Waals surface area contributed by atoms with Crippen molar-refractivity contribution in [2.45, 2.75) is 44.2 Å². The second-order valence-corrected chi connectivity index (χ2v) is 6.80. The number of methoxy groups -OCH3 is 1. The molecule has 0 radical (unpaired) electrons. The molecular formula is C19H29NO3. The maximum atomic E-state index is 10.7. The lowest BCUT2D eigenvalue weighted by atomic mass is 9.85. The zero-order valence-corrected chi connectivity index (χ0v) is 14.1. The van der Waals surface area contributed by atoms with E-state index in [9.17, 15) is 5.11 Å². The molecule has 2 heterocycles. The van der Waals surface area contributed by atoms with Gasteiger partial charge < -0.3 is 14.6 Å². The first-order chi connectivity index (χ1) is 11.3. The van der Waals surface area contributed by atoms with E-state index in [1.54, 1.807) is 7.11 Å². The van der Waals surface area contributed by atoms with Gasteiger partial charge in [0.25, 0.3) is 0 Å². The zero-order valence-electron chi connectivity index (χ0n) is 14.1. The summed E-state index contributed by atoms with van der Waals surface area (Å²) in [5.41, 5.74) is 0.945. The lowest BCUT2D eigenvalue weighted by Crippen LogP contribution is -2.47. The van der Waals surface area contributed by atoms with Crippen LogP contribution in [0.1, 0.15) is 43.8 Å². The summed E-state index contributed by atoms with van der Waals surface area (Å²) in [5, 5.41) is 10.7. The van der Waals surface area contributed by atoms with Gasteiger partial charge >= 0.3 is 0 Å². The average molecular weight is 319 g/mol. The Hall–Kier alpha value is -1.10. The van der Waals surface area contributed by atoms with Crippen molar-refractivity contribution >= 4 is 0 Å². The Morgan fingerprint density at radius 3 is 2.87 bits per heavy atom. The maximum Gasteiger partial charge on any atom is 0.119 e. The zero-order chi connectivity index (χ0) is 16.1. The van der Waals surface area contributed by atoms with Crippen molar-refractivity contribution in [3.05, 3.63) is 29.8 Å². The molecule has 2 aliphatic heterocycles. The molecule has 0 saturated carbocycles. The molecule has 2 atom stereocenters. The summed E-state index contributed by atoms with van der Waals surface area (Å²) in [6.45, 7) is 3.61. The van der Waals surface area contributed by atoms with Gasteiger partial charge in [-0.2, -0.15) is 0 Å². The summed E-state index contributed by atoms with van der Waals surface area (Å²) in [7, 11) is 1.66. The molecule has 1 aromatic rings. The normalized spacial score (nSPS) is 25.2. The van der Waals surface area contributed by atoms with E-state index in [4.69, 9.17) is 9.47 Å². The fourth-order valence-corrected chi connectivity index (χ4v) is 4.05. The molecule has 0 aromatic heterocycles. The highest BCUT2D eigenvalue weighted by Gasteiger charge is 2.32. The van der Waals surface area contributed by atoms with Crippen molar-refractivity contribution in [1.29, 1.82) is 0 Å². The van der Waals surface area contributed by atoms with Crippen molar-refractivity contribution in [2.24, 2.45) is 5.92 Å². The summed E-state index contributed by atoms with van der Waals surface area (Å²) >= 11 is 0. The molecule has 2 unspecified atom stereocenters. The number of hydrogen-bond acceptors (Lipinski definition) is 4. The van der Waals surface area contributed by atoms with Crippen molar-refractivity contribution in [1.82, 2.24) is 4.90 Å². The third kappa shape index (κ3) is 4.25. The molecule has 0 bridgehead atoms. The van der Waals surface area contributed by atoms with Crippen LogP contribution in [0.2, 0.25) is 0 Å². The summed E-state index contributed by atoms with van der Waals surface area (Å²) in [4.78, 5) is 2.52. The number of piperidine rings is 1. The van der Waals surface area contributed by atoms with Crippen LogP contribution in [-0.4, -0.2) is 49.5 Å². The number of β-amino-alcohol motifs (C(OH)–C–C–N with tert-alkyl or cyclic N) is 1. The largest absolute Gasteiger partial charge is 0.497 e. The molecule has 2 fully saturated rings. The number of nitrogens with zero attached hydrogens (tertiary/aromatic N) is 1. The molecule has 2 aliphatic rings. The molecule has 0 spiro atoms. The minimum Gasteiger partial charge on any atom is -0.497 e. The van der Waals surface area contributed by atoms with E-state index in [1.807, 2.05) is 24.3 Å². The van der Waals surface area contributed by atoms with Gasteiger partial charge in [0.2, 0.25) is 0 Å². The smallest absolute Gasteiger partial charge is 0.119 e. The van der Waals surface area contributed by atoms with Gasteiger partial charge in [-0.1, -0.05) is 18.6 Å². The fourth-order valence-electron chi connectivity index (χ4n) is 4.05. The van der Waals surface area contributed by atoms with E-state index in [2.05, 4.69) is 4.90 Å². The number of benzene rings is 1. The minimum absolute atomic E-state index is 0.453. The van der Waals surface area contributed by atoms with Crippen LogP contribution in [0.5, 0.6) is 5.75 Å². The Bertz CT molecular complexity index is 487. The van der Waals surface area contributed by atoms with Crippen LogP contribution in [-0.2, 0) is 4.74 Å². The number of ether oxygens (including phenoxy) is 2. The van der Waals surface area contributed by atoms with Gasteiger partial charge in [0.1, 0.15) is 5.75 Å². The monoisotopic (exact) mass is 319 g/mol. The quantitative estimate of drug-likeness (QED) is 0.906. The van der Waals surface area contributed by atoms with Crippen molar-refractivity contribution in [2.75, 3.05) is 33.4 Å². The van der Waals surface area contributed by atoms with E-state index in [-0.39, 0.29) is 0 Å². The lowest BCUT2D eigenvalue weighted by molar-refractivity contribution is -0.00383. The van der Waals surface area contributed by atoms with Crippen LogP contribution >= 0.6 is 0 Å². The molecule has 1 N–H and O–H groups in total. The van der Waals surface area contributed by atoms with Crippen LogP contribution in [0.3, 0.4) is 0 Å². The van der Waals surface area contributed by atoms with Crippen LogP contribution in [0, 0.1) is 5.92 Å². The summed E-state index contributed by atoms with van der Waals surface area (Å²) in [5.74, 6) is 1.53. The van der Waals surface area contributed by atoms with Crippen molar-refractivity contribution < 1.29 is 14.6 Å². The second kappa shape index (κ2) is 8.13. The van der Waals surface area contributed by atoms with Gasteiger partial charge in [-0.3, -0.25) is 4.90 Å². The third-order valence-electron chi connectivity index (χ3n) is 5.36. The highest BCUT2D eigenvalue weighted by atomic mass is 16.5. The Balaban J connectivity index is 1.65. The van der Waals surface area contributed by atoms with Gasteiger partial charge in [-0.15, -0.1) is 0 Å². The first kappa shape index (κ1) is 16.7. The van der Waals surface area contributed by atoms with Gasteiger partial charge in [-0.05, 0) is 55.8 Å². The molecular weight excluding hydrogens is 290 g/mol. The van der Waals surface area contributed by atoms with Gasteiger partial charge in [0.05, 0.1) is 13.2 Å². The van der Waals surface area contributed by atoms with Crippen LogP contribution < -0.4 is 4.74 Å². The maximum absolute atomic E-state index is 10.7. The molecule has 0 aliphatic carbocycles. The van der Waals surface area contributed by atoms with Crippen molar-refractivity contribution in [3.63, 3.8) is 0 Å². The predicted molar refractivity (Wildman–Crippen MR) is 90.7 cm³/mol. The van der Waals surface area contributed by atoms with Gasteiger partial charge in [0.15, 0.2) is 0 Å². The number of rotatable bonds is 5. The van der Waals surface area contributed by atoms with E-state index < -0.39 is 6.10 Å². The molecule has 3 rings (SSSR count). The summed E-state index contributed by atoms with van der Waals surface area (Å²) in [6, 6.07) is 8.40. The highest BCUT2D eigenvalue weighted by Crippen LogP contribution is 2.31. The Kier molecular flexibility index (Phi) is 5.92. The number of aliphatic hydroxyl groups is 1. The standard InChI is InChI=1S/C19H29NO3/c1-22-17-6-4-5-16(13-17)19(21)14-20-10-3-2-7-18(20)15-8-11-23-12-9-15/h4-6,13,15,18-19,21H,2-3,7-12,14H2,1H3. The van der Waals surface area contributed by atoms with E-state index in [0.717, 1.165) is 56.4 Å². The average Bonchev–Trinajstić information content (AvgIpc) is 2.63. The molecule has 4 nitrogen and oxygen atoms in total. The van der Waals surface area contributed by atoms with Crippen LogP contribution in [0.15, 0.2) is 24.3 Å². The van der Waals surface area contributed by atoms with Crippen LogP contribution in [0.4, 0.5) is 0 Å². The lowest BCUT2D eigenvalue weighted by Gasteiger charge is -2.42. The highest BCUT2D eigenvalue weighted by molar-refractivity contribution is 5.30. The molecule has 4 heteroatoms. The molecule has 128 valence electrons.